The van der Waals surface area contributed by atoms with Crippen molar-refractivity contribution in [2.24, 2.45) is 17.3 Å². The van der Waals surface area contributed by atoms with Crippen molar-refractivity contribution < 1.29 is 14.4 Å². The van der Waals surface area contributed by atoms with Gasteiger partial charge in [0.1, 0.15) is 0 Å². The second kappa shape index (κ2) is 4.64. The Kier molecular flexibility index (Phi) is 2.87. The van der Waals surface area contributed by atoms with E-state index in [1.807, 2.05) is 6.07 Å². The molecule has 0 radical (unpaired) electrons. The Morgan fingerprint density at radius 3 is 2.67 bits per heavy atom. The fourth-order valence-corrected chi connectivity index (χ4v) is 3.94. The topological polar surface area (TPSA) is 61.6 Å². The number of nitrogens with zero attached hydrogens (tertiary/aromatic N) is 1. The summed E-state index contributed by atoms with van der Waals surface area (Å²) >= 11 is 0. The molecule has 1 aromatic carbocycles. The predicted octanol–water partition coefficient (Wildman–Crippen LogP) is 3.22. The number of non-ortho nitro benzene ring substituents is 1. The third-order valence-electron chi connectivity index (χ3n) is 5.03. The summed E-state index contributed by atoms with van der Waals surface area (Å²) in [5.41, 5.74) is 0.914. The van der Waals surface area contributed by atoms with Gasteiger partial charge in [-0.2, -0.15) is 0 Å². The summed E-state index contributed by atoms with van der Waals surface area (Å²) in [6.07, 6.45) is 6.47. The molecular formula is C16H17NO4. The SMILES string of the molecule is O=[N+]([O-])c1cccc(C2OCC3(CO2)C[C@@H]2C=C[C@H]3C2)c1. The third-order valence-corrected chi connectivity index (χ3v) is 5.03. The van der Waals surface area contributed by atoms with Gasteiger partial charge in [0.25, 0.3) is 5.69 Å². The second-order valence-electron chi connectivity index (χ2n) is 6.36. The van der Waals surface area contributed by atoms with Crippen LogP contribution in [-0.4, -0.2) is 18.1 Å². The van der Waals surface area contributed by atoms with Gasteiger partial charge in [0.15, 0.2) is 6.29 Å². The average Bonchev–Trinajstić information content (AvgIpc) is 3.09. The summed E-state index contributed by atoms with van der Waals surface area (Å²) in [5, 5.41) is 10.8. The number of hydrogen-bond donors (Lipinski definition) is 0. The predicted molar refractivity (Wildman–Crippen MR) is 75.5 cm³/mol. The van der Waals surface area contributed by atoms with Crippen molar-refractivity contribution in [3.8, 4) is 0 Å². The minimum absolute atomic E-state index is 0.0721. The van der Waals surface area contributed by atoms with Gasteiger partial charge in [-0.3, -0.25) is 10.1 Å². The van der Waals surface area contributed by atoms with Crippen LogP contribution in [0.4, 0.5) is 5.69 Å². The normalized spacial score (nSPS) is 37.2. The zero-order valence-electron chi connectivity index (χ0n) is 11.6. The van der Waals surface area contributed by atoms with Gasteiger partial charge in [0, 0.05) is 23.1 Å². The van der Waals surface area contributed by atoms with E-state index in [0.29, 0.717) is 25.0 Å². The highest BCUT2D eigenvalue weighted by Gasteiger charge is 2.51. The lowest BCUT2D eigenvalue weighted by Gasteiger charge is -2.41. The van der Waals surface area contributed by atoms with E-state index in [0.717, 1.165) is 12.0 Å². The van der Waals surface area contributed by atoms with Crippen LogP contribution in [0.5, 0.6) is 0 Å². The fraction of sp³-hybridized carbons (Fsp3) is 0.500. The molecule has 5 nitrogen and oxygen atoms in total. The minimum Gasteiger partial charge on any atom is -0.348 e. The van der Waals surface area contributed by atoms with E-state index in [1.165, 1.54) is 18.6 Å². The molecule has 0 N–H and O–H groups in total. The lowest BCUT2D eigenvalue weighted by molar-refractivity contribution is -0.385. The molecule has 2 aliphatic carbocycles. The van der Waals surface area contributed by atoms with Crippen LogP contribution in [0.2, 0.25) is 0 Å². The highest BCUT2D eigenvalue weighted by molar-refractivity contribution is 5.35. The number of nitro benzene ring substituents is 1. The smallest absolute Gasteiger partial charge is 0.269 e. The fourth-order valence-electron chi connectivity index (χ4n) is 3.94. The van der Waals surface area contributed by atoms with E-state index in [-0.39, 0.29) is 11.1 Å². The number of rotatable bonds is 2. The van der Waals surface area contributed by atoms with Gasteiger partial charge in [-0.25, -0.2) is 0 Å². The van der Waals surface area contributed by atoms with Gasteiger partial charge in [0.2, 0.25) is 0 Å². The van der Waals surface area contributed by atoms with Crippen molar-refractivity contribution in [2.45, 2.75) is 19.1 Å². The van der Waals surface area contributed by atoms with Crippen LogP contribution in [0.1, 0.15) is 24.7 Å². The molecule has 1 saturated heterocycles. The molecule has 2 fully saturated rings. The second-order valence-corrected chi connectivity index (χ2v) is 6.36. The summed E-state index contributed by atoms with van der Waals surface area (Å²) in [5.74, 6) is 1.24. The Morgan fingerprint density at radius 1 is 1.24 bits per heavy atom. The van der Waals surface area contributed by atoms with Crippen LogP contribution in [0.3, 0.4) is 0 Å². The molecule has 2 bridgehead atoms. The number of ether oxygens (including phenoxy) is 2. The number of benzene rings is 1. The highest BCUT2D eigenvalue weighted by Crippen LogP contribution is 2.54. The summed E-state index contributed by atoms with van der Waals surface area (Å²) in [7, 11) is 0. The first-order valence-electron chi connectivity index (χ1n) is 7.32. The largest absolute Gasteiger partial charge is 0.348 e. The van der Waals surface area contributed by atoms with E-state index >= 15 is 0 Å². The Bertz CT molecular complexity index is 604. The summed E-state index contributed by atoms with van der Waals surface area (Å²) in [6, 6.07) is 6.50. The molecule has 4 rings (SSSR count). The molecule has 1 saturated carbocycles. The molecule has 5 heteroatoms. The van der Waals surface area contributed by atoms with Crippen molar-refractivity contribution in [3.05, 3.63) is 52.1 Å². The zero-order chi connectivity index (χ0) is 14.4. The summed E-state index contributed by atoms with van der Waals surface area (Å²) < 4.78 is 11.8. The molecule has 21 heavy (non-hydrogen) atoms. The molecule has 1 spiro atoms. The van der Waals surface area contributed by atoms with Crippen LogP contribution >= 0.6 is 0 Å². The van der Waals surface area contributed by atoms with E-state index in [2.05, 4.69) is 12.2 Å². The monoisotopic (exact) mass is 287 g/mol. The van der Waals surface area contributed by atoms with E-state index < -0.39 is 11.2 Å². The molecule has 0 aromatic heterocycles. The maximum Gasteiger partial charge on any atom is 0.269 e. The van der Waals surface area contributed by atoms with Crippen LogP contribution in [0.15, 0.2) is 36.4 Å². The number of fused-ring (bicyclic) bond motifs is 3. The van der Waals surface area contributed by atoms with Crippen molar-refractivity contribution in [1.82, 2.24) is 0 Å². The summed E-state index contributed by atoms with van der Waals surface area (Å²) in [4.78, 5) is 10.4. The highest BCUT2D eigenvalue weighted by atomic mass is 16.7. The number of hydrogen-bond acceptors (Lipinski definition) is 4. The van der Waals surface area contributed by atoms with E-state index in [9.17, 15) is 10.1 Å². The molecule has 1 heterocycles. The van der Waals surface area contributed by atoms with Gasteiger partial charge >= 0.3 is 0 Å². The first-order chi connectivity index (χ1) is 10.2. The Balaban J connectivity index is 1.49. The Morgan fingerprint density at radius 2 is 2.05 bits per heavy atom. The average molecular weight is 287 g/mol. The molecule has 1 aliphatic heterocycles. The first kappa shape index (κ1) is 13.0. The minimum atomic E-state index is -0.487. The molecular weight excluding hydrogens is 270 g/mol. The number of nitro groups is 1. The van der Waals surface area contributed by atoms with Crippen molar-refractivity contribution in [3.63, 3.8) is 0 Å². The summed E-state index contributed by atoms with van der Waals surface area (Å²) in [6.45, 7) is 1.34. The zero-order valence-corrected chi connectivity index (χ0v) is 11.6. The molecule has 1 aromatic rings. The Labute approximate surface area is 122 Å². The lowest BCUT2D eigenvalue weighted by Crippen LogP contribution is -2.41. The van der Waals surface area contributed by atoms with Crippen LogP contribution in [-0.2, 0) is 9.47 Å². The van der Waals surface area contributed by atoms with Crippen LogP contribution in [0.25, 0.3) is 0 Å². The molecule has 2 atom stereocenters. The van der Waals surface area contributed by atoms with Gasteiger partial charge in [-0.15, -0.1) is 0 Å². The maximum atomic E-state index is 10.8. The van der Waals surface area contributed by atoms with Gasteiger partial charge in [0.05, 0.1) is 18.1 Å². The molecule has 110 valence electrons. The number of allylic oxidation sites excluding steroid dienone is 2. The molecule has 0 unspecified atom stereocenters. The molecule has 0 amide bonds. The van der Waals surface area contributed by atoms with Crippen LogP contribution < -0.4 is 0 Å². The van der Waals surface area contributed by atoms with Crippen LogP contribution in [0, 0.1) is 27.4 Å². The van der Waals surface area contributed by atoms with Gasteiger partial charge < -0.3 is 9.47 Å². The van der Waals surface area contributed by atoms with Gasteiger partial charge in [-0.1, -0.05) is 24.3 Å². The lowest BCUT2D eigenvalue weighted by atomic mass is 9.76. The Hall–Kier alpha value is -1.72. The molecule has 3 aliphatic rings. The van der Waals surface area contributed by atoms with Crippen molar-refractivity contribution >= 4 is 5.69 Å². The third kappa shape index (κ3) is 2.08. The van der Waals surface area contributed by atoms with Gasteiger partial charge in [-0.05, 0) is 24.7 Å². The van der Waals surface area contributed by atoms with E-state index in [4.69, 9.17) is 9.47 Å². The van der Waals surface area contributed by atoms with Crippen molar-refractivity contribution in [2.75, 3.05) is 13.2 Å². The van der Waals surface area contributed by atoms with E-state index in [1.54, 1.807) is 6.07 Å². The first-order valence-corrected chi connectivity index (χ1v) is 7.32. The quantitative estimate of drug-likeness (QED) is 0.476. The van der Waals surface area contributed by atoms with Crippen molar-refractivity contribution in [1.29, 1.82) is 0 Å². The maximum absolute atomic E-state index is 10.8. The standard InChI is InChI=1S/C16H17NO4/c18-17(19)14-3-1-2-12(7-14)15-20-9-16(10-21-15)8-11-4-5-13(16)6-11/h1-5,7,11,13,15H,6,8-10H2/t11-,13+,15?,16?/m1/s1.